The molecular formula is C21H22FN3O2S2. The highest BCUT2D eigenvalue weighted by molar-refractivity contribution is 7.99. The average molecular weight is 432 g/mol. The first-order chi connectivity index (χ1) is 13.8. The van der Waals surface area contributed by atoms with E-state index < -0.39 is 0 Å². The van der Waals surface area contributed by atoms with E-state index in [9.17, 15) is 14.0 Å². The normalized spacial score (nSPS) is 12.1. The first-order valence-electron chi connectivity index (χ1n) is 9.11. The number of halogens is 1. The Balaban J connectivity index is 1.78. The van der Waals surface area contributed by atoms with Crippen LogP contribution in [-0.2, 0) is 11.3 Å². The number of rotatable bonds is 7. The van der Waals surface area contributed by atoms with Crippen LogP contribution in [0.1, 0.15) is 29.0 Å². The molecule has 0 aliphatic carbocycles. The molecule has 1 amide bonds. The predicted molar refractivity (Wildman–Crippen MR) is 117 cm³/mol. The van der Waals surface area contributed by atoms with E-state index in [0.29, 0.717) is 21.9 Å². The van der Waals surface area contributed by atoms with Gasteiger partial charge < -0.3 is 5.32 Å². The lowest BCUT2D eigenvalue weighted by atomic mass is 10.1. The van der Waals surface area contributed by atoms with Gasteiger partial charge >= 0.3 is 0 Å². The number of nitrogens with zero attached hydrogens (tertiary/aromatic N) is 2. The zero-order valence-corrected chi connectivity index (χ0v) is 18.1. The molecule has 152 valence electrons. The summed E-state index contributed by atoms with van der Waals surface area (Å²) in [4.78, 5) is 31.7. The molecular weight excluding hydrogens is 409 g/mol. The summed E-state index contributed by atoms with van der Waals surface area (Å²) < 4.78 is 14.6. The van der Waals surface area contributed by atoms with Gasteiger partial charge in [-0.2, -0.15) is 0 Å². The molecule has 1 atom stereocenters. The summed E-state index contributed by atoms with van der Waals surface area (Å²) in [5, 5.41) is 4.01. The highest BCUT2D eigenvalue weighted by Gasteiger charge is 2.17. The second-order valence-corrected chi connectivity index (χ2v) is 8.84. The van der Waals surface area contributed by atoms with E-state index in [0.717, 1.165) is 16.0 Å². The van der Waals surface area contributed by atoms with E-state index in [2.05, 4.69) is 16.9 Å². The number of carbonyl (C=O) groups excluding carboxylic acids is 1. The molecule has 2 heterocycles. The lowest BCUT2D eigenvalue weighted by Gasteiger charge is -2.15. The van der Waals surface area contributed by atoms with Crippen LogP contribution < -0.4 is 10.9 Å². The third-order valence-electron chi connectivity index (χ3n) is 4.65. The number of hydrogen-bond donors (Lipinski definition) is 1. The zero-order valence-electron chi connectivity index (χ0n) is 16.5. The fraction of sp³-hybridized carbons (Fsp3) is 0.286. The minimum atomic E-state index is -0.316. The molecule has 2 aromatic heterocycles. The third kappa shape index (κ3) is 4.59. The molecule has 5 nitrogen and oxygen atoms in total. The van der Waals surface area contributed by atoms with Gasteiger partial charge in [-0.15, -0.1) is 17.9 Å². The SMILES string of the molecule is C=CCn1c(SCC(=O)NC(C)c2ccc(F)cc2)nc2sc(C)c(C)c2c1=O. The molecule has 29 heavy (non-hydrogen) atoms. The lowest BCUT2D eigenvalue weighted by molar-refractivity contribution is -0.119. The van der Waals surface area contributed by atoms with Gasteiger partial charge in [0.25, 0.3) is 5.56 Å². The summed E-state index contributed by atoms with van der Waals surface area (Å²) >= 11 is 2.70. The van der Waals surface area contributed by atoms with Crippen LogP contribution in [0.4, 0.5) is 4.39 Å². The van der Waals surface area contributed by atoms with Crippen LogP contribution in [-0.4, -0.2) is 21.2 Å². The number of amides is 1. The predicted octanol–water partition coefficient (Wildman–Crippen LogP) is 4.37. The quantitative estimate of drug-likeness (QED) is 0.343. The van der Waals surface area contributed by atoms with Gasteiger partial charge in [0.1, 0.15) is 10.6 Å². The number of fused-ring (bicyclic) bond motifs is 1. The molecule has 0 radical (unpaired) electrons. The van der Waals surface area contributed by atoms with E-state index >= 15 is 0 Å². The summed E-state index contributed by atoms with van der Waals surface area (Å²) in [6, 6.07) is 5.77. The topological polar surface area (TPSA) is 64.0 Å². The van der Waals surface area contributed by atoms with Crippen LogP contribution in [0.5, 0.6) is 0 Å². The summed E-state index contributed by atoms with van der Waals surface area (Å²) in [5.74, 6) is -0.391. The number of carbonyl (C=O) groups is 1. The maximum Gasteiger partial charge on any atom is 0.263 e. The van der Waals surface area contributed by atoms with Crippen LogP contribution in [0.3, 0.4) is 0 Å². The molecule has 1 unspecified atom stereocenters. The molecule has 0 fully saturated rings. The Morgan fingerprint density at radius 1 is 1.38 bits per heavy atom. The van der Waals surface area contributed by atoms with Crippen molar-refractivity contribution in [3.05, 3.63) is 69.1 Å². The fourth-order valence-corrected chi connectivity index (χ4v) is 4.85. The van der Waals surface area contributed by atoms with Gasteiger partial charge in [-0.05, 0) is 44.0 Å². The van der Waals surface area contributed by atoms with Gasteiger partial charge in [0.2, 0.25) is 5.91 Å². The second kappa shape index (κ2) is 8.92. The van der Waals surface area contributed by atoms with E-state index in [-0.39, 0.29) is 29.1 Å². The third-order valence-corrected chi connectivity index (χ3v) is 6.72. The number of benzene rings is 1. The maximum atomic E-state index is 13.1. The Bertz CT molecular complexity index is 1120. The van der Waals surface area contributed by atoms with Crippen molar-refractivity contribution in [1.82, 2.24) is 14.9 Å². The number of hydrogen-bond acceptors (Lipinski definition) is 5. The van der Waals surface area contributed by atoms with Crippen LogP contribution in [0.15, 0.2) is 46.9 Å². The van der Waals surface area contributed by atoms with Gasteiger partial charge in [-0.3, -0.25) is 14.2 Å². The van der Waals surface area contributed by atoms with Crippen LogP contribution >= 0.6 is 23.1 Å². The van der Waals surface area contributed by atoms with Crippen molar-refractivity contribution in [2.75, 3.05) is 5.75 Å². The highest BCUT2D eigenvalue weighted by Crippen LogP contribution is 2.28. The summed E-state index contributed by atoms with van der Waals surface area (Å²) in [5.41, 5.74) is 1.65. The molecule has 1 aromatic carbocycles. The Hall–Kier alpha value is -2.45. The van der Waals surface area contributed by atoms with E-state index in [1.807, 2.05) is 20.8 Å². The summed E-state index contributed by atoms with van der Waals surface area (Å²) in [6.45, 7) is 9.78. The molecule has 0 aliphatic heterocycles. The summed E-state index contributed by atoms with van der Waals surface area (Å²) in [6.07, 6.45) is 1.64. The van der Waals surface area contributed by atoms with Gasteiger partial charge in [0, 0.05) is 11.4 Å². The Kier molecular flexibility index (Phi) is 6.54. The second-order valence-electron chi connectivity index (χ2n) is 6.69. The Morgan fingerprint density at radius 3 is 2.72 bits per heavy atom. The standard InChI is InChI=1S/C21H22FN3O2S2/c1-5-10-25-20(27)18-12(2)14(4)29-19(18)24-21(25)28-11-17(26)23-13(3)15-6-8-16(22)9-7-15/h5-9,13H,1,10-11H2,2-4H3,(H,23,26). The van der Waals surface area contributed by atoms with Crippen molar-refractivity contribution in [2.45, 2.75) is 38.5 Å². The van der Waals surface area contributed by atoms with E-state index in [1.165, 1.54) is 35.2 Å². The molecule has 3 rings (SSSR count). The van der Waals surface area contributed by atoms with E-state index in [1.54, 1.807) is 22.8 Å². The first kappa shape index (κ1) is 21.3. The van der Waals surface area contributed by atoms with Gasteiger partial charge in [-0.25, -0.2) is 9.37 Å². The van der Waals surface area contributed by atoms with Crippen molar-refractivity contribution in [2.24, 2.45) is 0 Å². The van der Waals surface area contributed by atoms with Crippen molar-refractivity contribution < 1.29 is 9.18 Å². The zero-order chi connectivity index (χ0) is 21.1. The number of aryl methyl sites for hydroxylation is 2. The average Bonchev–Trinajstić information content (AvgIpc) is 2.97. The fourth-order valence-electron chi connectivity index (χ4n) is 2.96. The molecule has 3 aromatic rings. The number of aromatic nitrogens is 2. The van der Waals surface area contributed by atoms with Crippen LogP contribution in [0, 0.1) is 19.7 Å². The van der Waals surface area contributed by atoms with Crippen molar-refractivity contribution in [3.8, 4) is 0 Å². The highest BCUT2D eigenvalue weighted by atomic mass is 32.2. The molecule has 8 heteroatoms. The largest absolute Gasteiger partial charge is 0.349 e. The molecule has 0 saturated carbocycles. The number of thioether (sulfide) groups is 1. The summed E-state index contributed by atoms with van der Waals surface area (Å²) in [7, 11) is 0. The number of nitrogens with one attached hydrogen (secondary N) is 1. The van der Waals surface area contributed by atoms with Gasteiger partial charge in [0.15, 0.2) is 5.16 Å². The van der Waals surface area contributed by atoms with Crippen molar-refractivity contribution >= 4 is 39.2 Å². The molecule has 0 bridgehead atoms. The number of thiophene rings is 1. The molecule has 1 N–H and O–H groups in total. The Morgan fingerprint density at radius 2 is 2.07 bits per heavy atom. The minimum absolute atomic E-state index is 0.112. The van der Waals surface area contributed by atoms with Gasteiger partial charge in [-0.1, -0.05) is 30.0 Å². The number of allylic oxidation sites excluding steroid dienone is 1. The maximum absolute atomic E-state index is 13.1. The monoisotopic (exact) mass is 431 g/mol. The first-order valence-corrected chi connectivity index (χ1v) is 10.9. The van der Waals surface area contributed by atoms with Crippen LogP contribution in [0.25, 0.3) is 10.2 Å². The van der Waals surface area contributed by atoms with Crippen LogP contribution in [0.2, 0.25) is 0 Å². The van der Waals surface area contributed by atoms with Crippen molar-refractivity contribution in [3.63, 3.8) is 0 Å². The molecule has 0 spiro atoms. The minimum Gasteiger partial charge on any atom is -0.349 e. The van der Waals surface area contributed by atoms with E-state index in [4.69, 9.17) is 0 Å². The van der Waals surface area contributed by atoms with Crippen molar-refractivity contribution in [1.29, 1.82) is 0 Å². The smallest absolute Gasteiger partial charge is 0.263 e. The molecule has 0 aliphatic rings. The van der Waals surface area contributed by atoms with Gasteiger partial charge in [0.05, 0.1) is 17.2 Å². The lowest BCUT2D eigenvalue weighted by Crippen LogP contribution is -2.29. The molecule has 0 saturated heterocycles. The Labute approximate surface area is 176 Å².